The third-order valence-corrected chi connectivity index (χ3v) is 5.14. The molecule has 0 aliphatic rings. The van der Waals surface area contributed by atoms with Gasteiger partial charge in [0.2, 0.25) is 0 Å². The summed E-state index contributed by atoms with van der Waals surface area (Å²) in [5.41, 5.74) is 1.11. The quantitative estimate of drug-likeness (QED) is 0.308. The molecular formula is C21H23F3O3S. The molecule has 152 valence electrons. The molecule has 0 radical (unpaired) electrons. The largest absolute Gasteiger partial charge is 0.488 e. The van der Waals surface area contributed by atoms with Gasteiger partial charge in [0.15, 0.2) is 0 Å². The van der Waals surface area contributed by atoms with Gasteiger partial charge in [0, 0.05) is 16.9 Å². The molecule has 0 fully saturated rings. The number of esters is 1. The number of halogens is 3. The van der Waals surface area contributed by atoms with Crippen LogP contribution in [0, 0.1) is 6.92 Å². The van der Waals surface area contributed by atoms with Crippen LogP contribution in [0.5, 0.6) is 11.5 Å². The molecule has 0 aromatic heterocycles. The lowest BCUT2D eigenvalue weighted by atomic mass is 10.0. The van der Waals surface area contributed by atoms with Crippen molar-refractivity contribution in [1.29, 1.82) is 0 Å². The number of benzene rings is 2. The number of alkyl halides is 3. The maximum absolute atomic E-state index is 13.5. The average molecular weight is 412 g/mol. The second-order valence-corrected chi connectivity index (χ2v) is 7.03. The molecule has 0 heterocycles. The summed E-state index contributed by atoms with van der Waals surface area (Å²) < 4.78 is 51.5. The number of carbonyl (C=O) groups excluding carboxylic acids is 1. The van der Waals surface area contributed by atoms with Gasteiger partial charge >= 0.3 is 12.1 Å². The van der Waals surface area contributed by atoms with Gasteiger partial charge in [0.25, 0.3) is 0 Å². The summed E-state index contributed by atoms with van der Waals surface area (Å²) in [5, 5.41) is 0. The van der Waals surface area contributed by atoms with Crippen LogP contribution in [0.3, 0.4) is 0 Å². The van der Waals surface area contributed by atoms with Crippen molar-refractivity contribution in [2.24, 2.45) is 0 Å². The Labute approximate surface area is 167 Å². The van der Waals surface area contributed by atoms with Crippen molar-refractivity contribution in [3.05, 3.63) is 52.6 Å². The molecule has 0 saturated heterocycles. The molecule has 28 heavy (non-hydrogen) atoms. The van der Waals surface area contributed by atoms with Crippen molar-refractivity contribution in [3.63, 3.8) is 0 Å². The van der Waals surface area contributed by atoms with E-state index in [2.05, 4.69) is 0 Å². The van der Waals surface area contributed by atoms with E-state index in [1.165, 1.54) is 17.8 Å². The number of ether oxygens (including phenoxy) is 2. The molecule has 7 heteroatoms. The van der Waals surface area contributed by atoms with Crippen molar-refractivity contribution < 1.29 is 27.4 Å². The van der Waals surface area contributed by atoms with Gasteiger partial charge in [-0.25, -0.2) is 0 Å². The monoisotopic (exact) mass is 412 g/mol. The van der Waals surface area contributed by atoms with Gasteiger partial charge in [-0.15, -0.1) is 11.8 Å². The molecule has 0 aliphatic carbocycles. The Morgan fingerprint density at radius 2 is 1.86 bits per heavy atom. The van der Waals surface area contributed by atoms with Crippen LogP contribution in [0.4, 0.5) is 13.2 Å². The molecule has 0 aliphatic heterocycles. The molecule has 0 spiro atoms. The van der Waals surface area contributed by atoms with Crippen LogP contribution < -0.4 is 9.47 Å². The first-order chi connectivity index (χ1) is 13.2. The summed E-state index contributed by atoms with van der Waals surface area (Å²) in [6, 6.07) is 7.71. The Morgan fingerprint density at radius 1 is 1.14 bits per heavy atom. The van der Waals surface area contributed by atoms with Gasteiger partial charge < -0.3 is 9.47 Å². The topological polar surface area (TPSA) is 35.5 Å². The average Bonchev–Trinajstić information content (AvgIpc) is 2.65. The van der Waals surface area contributed by atoms with Crippen LogP contribution in [0.1, 0.15) is 42.5 Å². The predicted octanol–water partition coefficient (Wildman–Crippen LogP) is 6.19. The molecule has 0 saturated carbocycles. The molecule has 2 rings (SSSR count). The Kier molecular flexibility index (Phi) is 7.41. The second-order valence-electron chi connectivity index (χ2n) is 6.18. The lowest BCUT2D eigenvalue weighted by Gasteiger charge is -2.19. The van der Waals surface area contributed by atoms with E-state index in [4.69, 9.17) is 9.47 Å². The zero-order valence-corrected chi connectivity index (χ0v) is 17.1. The Bertz CT molecular complexity index is 848. The zero-order valence-electron chi connectivity index (χ0n) is 16.3. The number of rotatable bonds is 7. The van der Waals surface area contributed by atoms with E-state index in [-0.39, 0.29) is 18.8 Å². The SMILES string of the molecule is CCC(=O)Oc1cccc(SC)c1COc1cc(C)c(CC)cc1C(F)(F)F. The van der Waals surface area contributed by atoms with Gasteiger partial charge in [-0.05, 0) is 55.0 Å². The van der Waals surface area contributed by atoms with E-state index in [1.807, 2.05) is 19.2 Å². The summed E-state index contributed by atoms with van der Waals surface area (Å²) in [5.74, 6) is -0.348. The summed E-state index contributed by atoms with van der Waals surface area (Å²) in [6.45, 7) is 5.10. The molecule has 0 atom stereocenters. The van der Waals surface area contributed by atoms with Gasteiger partial charge in [-0.2, -0.15) is 13.2 Å². The van der Waals surface area contributed by atoms with Gasteiger partial charge in [0.1, 0.15) is 18.1 Å². The highest BCUT2D eigenvalue weighted by Gasteiger charge is 2.35. The van der Waals surface area contributed by atoms with Crippen LogP contribution in [0.2, 0.25) is 0 Å². The molecule has 2 aromatic rings. The van der Waals surface area contributed by atoms with Crippen LogP contribution in [0.15, 0.2) is 35.2 Å². The van der Waals surface area contributed by atoms with Crippen LogP contribution >= 0.6 is 11.8 Å². The van der Waals surface area contributed by atoms with Crippen LogP contribution in [-0.2, 0) is 24.0 Å². The number of aryl methyl sites for hydroxylation is 2. The molecule has 3 nitrogen and oxygen atoms in total. The number of hydrogen-bond donors (Lipinski definition) is 0. The molecule has 2 aromatic carbocycles. The maximum Gasteiger partial charge on any atom is 0.419 e. The van der Waals surface area contributed by atoms with Gasteiger partial charge in [0.05, 0.1) is 5.56 Å². The van der Waals surface area contributed by atoms with Crippen LogP contribution in [0.25, 0.3) is 0 Å². The third-order valence-electron chi connectivity index (χ3n) is 4.32. The Hall–Kier alpha value is -2.15. The molecule has 0 amide bonds. The summed E-state index contributed by atoms with van der Waals surface area (Å²) in [4.78, 5) is 12.5. The zero-order chi connectivity index (χ0) is 20.9. The van der Waals surface area contributed by atoms with Gasteiger partial charge in [-0.1, -0.05) is 19.9 Å². The first-order valence-electron chi connectivity index (χ1n) is 8.91. The van der Waals surface area contributed by atoms with Crippen molar-refractivity contribution >= 4 is 17.7 Å². The third kappa shape index (κ3) is 5.22. The number of carbonyl (C=O) groups is 1. The standard InChI is InChI=1S/C21H23F3O3S/c1-5-14-11-16(21(22,23)24)18(10-13(14)3)26-12-15-17(27-20(25)6-2)8-7-9-19(15)28-4/h7-11H,5-6,12H2,1-4H3. The minimum atomic E-state index is -4.52. The Balaban J connectivity index is 2.41. The van der Waals surface area contributed by atoms with E-state index in [0.29, 0.717) is 23.3 Å². The number of hydrogen-bond acceptors (Lipinski definition) is 4. The normalized spacial score (nSPS) is 11.4. The highest BCUT2D eigenvalue weighted by molar-refractivity contribution is 7.98. The fourth-order valence-corrected chi connectivity index (χ4v) is 3.39. The van der Waals surface area contributed by atoms with Crippen molar-refractivity contribution in [2.75, 3.05) is 6.26 Å². The molecule has 0 bridgehead atoms. The first kappa shape index (κ1) is 22.1. The smallest absolute Gasteiger partial charge is 0.419 e. The highest BCUT2D eigenvalue weighted by Crippen LogP contribution is 2.39. The van der Waals surface area contributed by atoms with Crippen molar-refractivity contribution in [1.82, 2.24) is 0 Å². The molecule has 0 N–H and O–H groups in total. The fourth-order valence-electron chi connectivity index (χ4n) is 2.77. The second kappa shape index (κ2) is 9.37. The van der Waals surface area contributed by atoms with Crippen molar-refractivity contribution in [3.8, 4) is 11.5 Å². The lowest BCUT2D eigenvalue weighted by molar-refractivity contribution is -0.139. The first-order valence-corrected chi connectivity index (χ1v) is 10.1. The molecular weight excluding hydrogens is 389 g/mol. The van der Waals surface area contributed by atoms with Gasteiger partial charge in [-0.3, -0.25) is 4.79 Å². The summed E-state index contributed by atoms with van der Waals surface area (Å²) in [7, 11) is 0. The highest BCUT2D eigenvalue weighted by atomic mass is 32.2. The van der Waals surface area contributed by atoms with E-state index < -0.39 is 17.7 Å². The van der Waals surface area contributed by atoms with Crippen LogP contribution in [-0.4, -0.2) is 12.2 Å². The van der Waals surface area contributed by atoms with E-state index in [1.54, 1.807) is 26.0 Å². The number of thioether (sulfide) groups is 1. The minimum Gasteiger partial charge on any atom is -0.488 e. The van der Waals surface area contributed by atoms with E-state index in [9.17, 15) is 18.0 Å². The molecule has 0 unspecified atom stereocenters. The van der Waals surface area contributed by atoms with E-state index >= 15 is 0 Å². The Morgan fingerprint density at radius 3 is 2.43 bits per heavy atom. The minimum absolute atomic E-state index is 0.142. The fraction of sp³-hybridized carbons (Fsp3) is 0.381. The lowest BCUT2D eigenvalue weighted by Crippen LogP contribution is -2.12. The summed E-state index contributed by atoms with van der Waals surface area (Å²) in [6.07, 6.45) is -1.99. The van der Waals surface area contributed by atoms with E-state index in [0.717, 1.165) is 16.5 Å². The predicted molar refractivity (Wildman–Crippen MR) is 104 cm³/mol. The van der Waals surface area contributed by atoms with Crippen molar-refractivity contribution in [2.45, 2.75) is 51.3 Å². The maximum atomic E-state index is 13.5. The summed E-state index contributed by atoms with van der Waals surface area (Å²) >= 11 is 1.40.